The Balaban J connectivity index is 1.56. The average Bonchev–Trinajstić information content (AvgIpc) is 3.09. The standard InChI is InChI=1S/C18H25NO3S/c20-18(14-15-6-4-5-7-15)19-12-10-17(11-13-19)23(21,22)16-8-2-1-3-9-16/h1-3,8-9,15,17H,4-7,10-14H2. The third kappa shape index (κ3) is 3.77. The van der Waals surface area contributed by atoms with E-state index in [2.05, 4.69) is 0 Å². The first-order valence-corrected chi connectivity index (χ1v) is 10.2. The van der Waals surface area contributed by atoms with Gasteiger partial charge in [0.1, 0.15) is 0 Å². The average molecular weight is 335 g/mol. The minimum absolute atomic E-state index is 0.215. The molecule has 0 aromatic heterocycles. The predicted octanol–water partition coefficient (Wildman–Crippen LogP) is 3.03. The van der Waals surface area contributed by atoms with Crippen LogP contribution in [0.5, 0.6) is 0 Å². The summed E-state index contributed by atoms with van der Waals surface area (Å²) in [6.45, 7) is 1.14. The van der Waals surface area contributed by atoms with Gasteiger partial charge in [-0.05, 0) is 43.7 Å². The molecule has 126 valence electrons. The summed E-state index contributed by atoms with van der Waals surface area (Å²) < 4.78 is 25.3. The van der Waals surface area contributed by atoms with Crippen LogP contribution in [-0.4, -0.2) is 37.6 Å². The molecule has 0 bridgehead atoms. The molecular formula is C18H25NO3S. The molecule has 5 heteroatoms. The van der Waals surface area contributed by atoms with E-state index in [1.807, 2.05) is 11.0 Å². The van der Waals surface area contributed by atoms with Gasteiger partial charge in [0.2, 0.25) is 5.91 Å². The van der Waals surface area contributed by atoms with Crippen molar-refractivity contribution in [3.05, 3.63) is 30.3 Å². The van der Waals surface area contributed by atoms with Gasteiger partial charge in [-0.1, -0.05) is 31.0 Å². The van der Waals surface area contributed by atoms with Gasteiger partial charge in [-0.3, -0.25) is 4.79 Å². The first kappa shape index (κ1) is 16.5. The van der Waals surface area contributed by atoms with Crippen molar-refractivity contribution >= 4 is 15.7 Å². The van der Waals surface area contributed by atoms with E-state index in [1.165, 1.54) is 25.7 Å². The van der Waals surface area contributed by atoms with E-state index in [4.69, 9.17) is 0 Å². The van der Waals surface area contributed by atoms with Crippen molar-refractivity contribution in [2.75, 3.05) is 13.1 Å². The molecule has 0 atom stereocenters. The van der Waals surface area contributed by atoms with Crippen molar-refractivity contribution in [1.82, 2.24) is 4.90 Å². The molecule has 1 aromatic carbocycles. The molecule has 1 aliphatic heterocycles. The number of piperidine rings is 1. The van der Waals surface area contributed by atoms with Crippen molar-refractivity contribution < 1.29 is 13.2 Å². The summed E-state index contributed by atoms with van der Waals surface area (Å²) in [5.74, 6) is 0.765. The van der Waals surface area contributed by atoms with Crippen LogP contribution >= 0.6 is 0 Å². The molecule has 23 heavy (non-hydrogen) atoms. The zero-order valence-corrected chi connectivity index (χ0v) is 14.3. The molecule has 1 saturated heterocycles. The fraction of sp³-hybridized carbons (Fsp3) is 0.611. The first-order chi connectivity index (χ1) is 11.1. The van der Waals surface area contributed by atoms with Gasteiger partial charge in [0, 0.05) is 19.5 Å². The number of amides is 1. The van der Waals surface area contributed by atoms with Crippen molar-refractivity contribution in [1.29, 1.82) is 0 Å². The van der Waals surface area contributed by atoms with E-state index in [9.17, 15) is 13.2 Å². The van der Waals surface area contributed by atoms with E-state index in [1.54, 1.807) is 24.3 Å². The van der Waals surface area contributed by atoms with Crippen LogP contribution in [0.15, 0.2) is 35.2 Å². The third-order valence-corrected chi connectivity index (χ3v) is 7.52. The van der Waals surface area contributed by atoms with Crippen LogP contribution in [0.3, 0.4) is 0 Å². The van der Waals surface area contributed by atoms with Crippen molar-refractivity contribution in [2.24, 2.45) is 5.92 Å². The first-order valence-electron chi connectivity index (χ1n) is 8.64. The maximum Gasteiger partial charge on any atom is 0.222 e. The lowest BCUT2D eigenvalue weighted by Crippen LogP contribution is -2.42. The number of likely N-dealkylation sites (tertiary alicyclic amines) is 1. The van der Waals surface area contributed by atoms with Gasteiger partial charge in [0.15, 0.2) is 9.84 Å². The Bertz CT molecular complexity index is 627. The van der Waals surface area contributed by atoms with Crippen molar-refractivity contribution in [3.63, 3.8) is 0 Å². The molecule has 0 unspecified atom stereocenters. The Labute approximate surface area is 138 Å². The molecule has 0 N–H and O–H groups in total. The Hall–Kier alpha value is -1.36. The summed E-state index contributed by atoms with van der Waals surface area (Å²) in [7, 11) is -3.27. The number of benzene rings is 1. The molecular weight excluding hydrogens is 310 g/mol. The molecule has 1 saturated carbocycles. The maximum atomic E-state index is 12.6. The highest BCUT2D eigenvalue weighted by Crippen LogP contribution is 2.29. The Morgan fingerprint density at radius 3 is 2.22 bits per heavy atom. The molecule has 2 fully saturated rings. The van der Waals surface area contributed by atoms with Gasteiger partial charge < -0.3 is 4.90 Å². The maximum absolute atomic E-state index is 12.6. The second-order valence-corrected chi connectivity index (χ2v) is 9.02. The molecule has 4 nitrogen and oxygen atoms in total. The van der Waals surface area contributed by atoms with E-state index in [0.717, 1.165) is 0 Å². The number of hydrogen-bond acceptors (Lipinski definition) is 3. The monoisotopic (exact) mass is 335 g/mol. The lowest BCUT2D eigenvalue weighted by Gasteiger charge is -2.32. The van der Waals surface area contributed by atoms with Gasteiger partial charge in [0.25, 0.3) is 0 Å². The van der Waals surface area contributed by atoms with Crippen LogP contribution in [0.2, 0.25) is 0 Å². The highest BCUT2D eigenvalue weighted by Gasteiger charge is 2.33. The molecule has 1 amide bonds. The number of sulfone groups is 1. The lowest BCUT2D eigenvalue weighted by molar-refractivity contribution is -0.133. The number of nitrogens with zero attached hydrogens (tertiary/aromatic N) is 1. The number of carbonyl (C=O) groups is 1. The van der Waals surface area contributed by atoms with Gasteiger partial charge >= 0.3 is 0 Å². The second kappa shape index (κ2) is 7.04. The molecule has 2 aliphatic rings. The summed E-state index contributed by atoms with van der Waals surface area (Å²) >= 11 is 0. The van der Waals surface area contributed by atoms with Crippen molar-refractivity contribution in [3.8, 4) is 0 Å². The SMILES string of the molecule is O=C(CC1CCCC1)N1CCC(S(=O)(=O)c2ccccc2)CC1. The Morgan fingerprint density at radius 1 is 1.00 bits per heavy atom. The molecule has 1 aliphatic carbocycles. The molecule has 0 spiro atoms. The van der Waals surface area contributed by atoms with Gasteiger partial charge in [-0.2, -0.15) is 0 Å². The number of carbonyl (C=O) groups excluding carboxylic acids is 1. The summed E-state index contributed by atoms with van der Waals surface area (Å²) in [5.41, 5.74) is 0. The molecule has 1 heterocycles. The largest absolute Gasteiger partial charge is 0.343 e. The highest BCUT2D eigenvalue weighted by molar-refractivity contribution is 7.92. The van der Waals surface area contributed by atoms with E-state index < -0.39 is 9.84 Å². The Morgan fingerprint density at radius 2 is 1.61 bits per heavy atom. The minimum Gasteiger partial charge on any atom is -0.343 e. The number of rotatable bonds is 4. The normalized spacial score (nSPS) is 20.8. The van der Waals surface area contributed by atoms with Crippen LogP contribution in [0.4, 0.5) is 0 Å². The second-order valence-electron chi connectivity index (χ2n) is 6.79. The zero-order valence-electron chi connectivity index (χ0n) is 13.5. The summed E-state index contributed by atoms with van der Waals surface area (Å²) in [5, 5.41) is -0.361. The third-order valence-electron chi connectivity index (χ3n) is 5.24. The molecule has 3 rings (SSSR count). The summed E-state index contributed by atoms with van der Waals surface area (Å²) in [6, 6.07) is 8.66. The van der Waals surface area contributed by atoms with Crippen molar-refractivity contribution in [2.45, 2.75) is 55.1 Å². The molecule has 1 aromatic rings. The van der Waals surface area contributed by atoms with Crippen LogP contribution in [0.1, 0.15) is 44.9 Å². The van der Waals surface area contributed by atoms with E-state index >= 15 is 0 Å². The van der Waals surface area contributed by atoms with Crippen LogP contribution in [0.25, 0.3) is 0 Å². The van der Waals surface area contributed by atoms with Gasteiger partial charge in [-0.25, -0.2) is 8.42 Å². The van der Waals surface area contributed by atoms with Gasteiger partial charge in [0.05, 0.1) is 10.1 Å². The zero-order chi connectivity index (χ0) is 16.3. The van der Waals surface area contributed by atoms with Gasteiger partial charge in [-0.15, -0.1) is 0 Å². The predicted molar refractivity (Wildman–Crippen MR) is 89.8 cm³/mol. The summed E-state index contributed by atoms with van der Waals surface area (Å²) in [4.78, 5) is 14.6. The highest BCUT2D eigenvalue weighted by atomic mass is 32.2. The van der Waals surface area contributed by atoms with Crippen LogP contribution in [0, 0.1) is 5.92 Å². The quantitative estimate of drug-likeness (QED) is 0.850. The fourth-order valence-electron chi connectivity index (χ4n) is 3.81. The topological polar surface area (TPSA) is 54.5 Å². The van der Waals surface area contributed by atoms with E-state index in [0.29, 0.717) is 43.2 Å². The minimum atomic E-state index is -3.27. The fourth-order valence-corrected chi connectivity index (χ4v) is 5.56. The lowest BCUT2D eigenvalue weighted by atomic mass is 10.0. The molecule has 0 radical (unpaired) electrons. The van der Waals surface area contributed by atoms with Crippen LogP contribution < -0.4 is 0 Å². The van der Waals surface area contributed by atoms with E-state index in [-0.39, 0.29) is 11.2 Å². The smallest absolute Gasteiger partial charge is 0.222 e. The van der Waals surface area contributed by atoms with Crippen LogP contribution in [-0.2, 0) is 14.6 Å². The Kier molecular flexibility index (Phi) is 5.05. The summed E-state index contributed by atoms with van der Waals surface area (Å²) in [6.07, 6.45) is 6.58. The number of hydrogen-bond donors (Lipinski definition) is 0.